The van der Waals surface area contributed by atoms with Crippen LogP contribution in [0.3, 0.4) is 0 Å². The summed E-state index contributed by atoms with van der Waals surface area (Å²) < 4.78 is 10.4. The zero-order valence-electron chi connectivity index (χ0n) is 27.8. The molecule has 0 aliphatic rings. The second-order valence-electron chi connectivity index (χ2n) is 12.9. The number of hydrogen-bond donors (Lipinski definition) is 0. The van der Waals surface area contributed by atoms with Crippen molar-refractivity contribution in [3.05, 3.63) is 156 Å². The molecule has 3 aromatic heterocycles. The third-order valence-electron chi connectivity index (χ3n) is 10.3. The SMILES string of the molecule is N#Cc1cc(-c2ccc(C#N)c(-n3c4ccccc4c4ccccc43)c2C#N)c(-n2c3ccccc3c3c4c(ccc32)oc2ccccc24)cc1C#N. The first-order valence-corrected chi connectivity index (χ1v) is 16.9. The van der Waals surface area contributed by atoms with Crippen LogP contribution in [0.15, 0.2) is 138 Å². The van der Waals surface area contributed by atoms with Gasteiger partial charge in [-0.3, -0.25) is 0 Å². The normalized spacial score (nSPS) is 11.3. The van der Waals surface area contributed by atoms with Gasteiger partial charge in [0.1, 0.15) is 35.4 Å². The van der Waals surface area contributed by atoms with E-state index in [1.807, 2.05) is 102 Å². The van der Waals surface area contributed by atoms with E-state index >= 15 is 0 Å². The zero-order chi connectivity index (χ0) is 35.8. The van der Waals surface area contributed by atoms with Gasteiger partial charge in [-0.25, -0.2) is 0 Å². The molecule has 0 atom stereocenters. The molecule has 0 aliphatic heterocycles. The van der Waals surface area contributed by atoms with E-state index in [4.69, 9.17) is 4.42 Å². The van der Waals surface area contributed by atoms with Crippen LogP contribution in [0.25, 0.3) is 88.1 Å². The number of furan rings is 1. The fraction of sp³-hybridized carbons (Fsp3) is 0. The van der Waals surface area contributed by atoms with Crippen LogP contribution in [0, 0.1) is 45.3 Å². The highest BCUT2D eigenvalue weighted by Gasteiger charge is 2.26. The highest BCUT2D eigenvalue weighted by Crippen LogP contribution is 2.45. The van der Waals surface area contributed by atoms with Crippen molar-refractivity contribution < 1.29 is 4.42 Å². The van der Waals surface area contributed by atoms with Crippen molar-refractivity contribution in [2.45, 2.75) is 0 Å². The van der Waals surface area contributed by atoms with Gasteiger partial charge in [0, 0.05) is 43.4 Å². The van der Waals surface area contributed by atoms with Gasteiger partial charge in [0.15, 0.2) is 0 Å². The molecule has 7 aromatic carbocycles. The van der Waals surface area contributed by atoms with Gasteiger partial charge >= 0.3 is 0 Å². The molecule has 0 saturated heterocycles. The summed E-state index contributed by atoms with van der Waals surface area (Å²) in [5, 5.41) is 48.2. The van der Waals surface area contributed by atoms with E-state index in [0.29, 0.717) is 28.1 Å². The van der Waals surface area contributed by atoms with E-state index in [9.17, 15) is 21.0 Å². The minimum atomic E-state index is 0.182. The first-order valence-electron chi connectivity index (χ1n) is 16.9. The van der Waals surface area contributed by atoms with Gasteiger partial charge in [0.2, 0.25) is 0 Å². The molecule has 3 heterocycles. The minimum Gasteiger partial charge on any atom is -0.456 e. The highest BCUT2D eigenvalue weighted by molar-refractivity contribution is 6.27. The molecular formula is C46H22N6O. The van der Waals surface area contributed by atoms with Crippen LogP contribution < -0.4 is 0 Å². The molecule has 0 bridgehead atoms. The van der Waals surface area contributed by atoms with Crippen molar-refractivity contribution in [1.29, 1.82) is 21.0 Å². The van der Waals surface area contributed by atoms with Gasteiger partial charge in [-0.1, -0.05) is 78.9 Å². The summed E-state index contributed by atoms with van der Waals surface area (Å²) in [7, 11) is 0. The molecule has 0 fully saturated rings. The fourth-order valence-electron chi connectivity index (χ4n) is 8.12. The lowest BCUT2D eigenvalue weighted by Gasteiger charge is -2.19. The maximum absolute atomic E-state index is 11.1. The van der Waals surface area contributed by atoms with Gasteiger partial charge in [-0.15, -0.1) is 0 Å². The van der Waals surface area contributed by atoms with Gasteiger partial charge in [-0.05, 0) is 54.6 Å². The van der Waals surface area contributed by atoms with E-state index in [1.54, 1.807) is 24.3 Å². The largest absolute Gasteiger partial charge is 0.456 e. The van der Waals surface area contributed by atoms with Gasteiger partial charge in [0.05, 0.1) is 55.7 Å². The van der Waals surface area contributed by atoms with Crippen LogP contribution >= 0.6 is 0 Å². The molecule has 0 aliphatic carbocycles. The van der Waals surface area contributed by atoms with E-state index in [1.165, 1.54) is 0 Å². The first kappa shape index (κ1) is 29.8. The number of fused-ring (bicyclic) bond motifs is 10. The minimum absolute atomic E-state index is 0.182. The van der Waals surface area contributed by atoms with E-state index in [-0.39, 0.29) is 16.7 Å². The Morgan fingerprint density at radius 1 is 0.415 bits per heavy atom. The van der Waals surface area contributed by atoms with E-state index in [2.05, 4.69) is 41.0 Å². The van der Waals surface area contributed by atoms with Crippen molar-refractivity contribution in [3.63, 3.8) is 0 Å². The Morgan fingerprint density at radius 2 is 1.00 bits per heavy atom. The van der Waals surface area contributed by atoms with Crippen molar-refractivity contribution in [1.82, 2.24) is 9.13 Å². The van der Waals surface area contributed by atoms with Crippen LogP contribution in [-0.2, 0) is 0 Å². The Morgan fingerprint density at radius 3 is 1.66 bits per heavy atom. The summed E-state index contributed by atoms with van der Waals surface area (Å²) in [6.07, 6.45) is 0. The molecule has 7 heteroatoms. The molecule has 0 N–H and O–H groups in total. The molecular weight excluding hydrogens is 653 g/mol. The molecule has 0 spiro atoms. The lowest BCUT2D eigenvalue weighted by molar-refractivity contribution is 0.669. The lowest BCUT2D eigenvalue weighted by Crippen LogP contribution is -2.05. The summed E-state index contributed by atoms with van der Waals surface area (Å²) in [6, 6.07) is 52.1. The van der Waals surface area contributed by atoms with Crippen molar-refractivity contribution in [2.24, 2.45) is 0 Å². The summed E-state index contributed by atoms with van der Waals surface area (Å²) in [5.74, 6) is 0. The van der Waals surface area contributed by atoms with Crippen LogP contribution in [-0.4, -0.2) is 9.13 Å². The number of rotatable bonds is 3. The number of aromatic nitrogens is 2. The summed E-state index contributed by atoms with van der Waals surface area (Å²) >= 11 is 0. The molecule has 0 saturated carbocycles. The summed E-state index contributed by atoms with van der Waals surface area (Å²) in [4.78, 5) is 0. The van der Waals surface area contributed by atoms with Crippen molar-refractivity contribution in [2.75, 3.05) is 0 Å². The molecule has 0 amide bonds. The molecule has 0 unspecified atom stereocenters. The second-order valence-corrected chi connectivity index (χ2v) is 12.9. The third kappa shape index (κ3) is 4.05. The number of nitrogens with zero attached hydrogens (tertiary/aromatic N) is 6. The lowest BCUT2D eigenvalue weighted by atomic mass is 9.92. The van der Waals surface area contributed by atoms with E-state index in [0.717, 1.165) is 65.6 Å². The quantitative estimate of drug-likeness (QED) is 0.185. The maximum Gasteiger partial charge on any atom is 0.136 e. The average molecular weight is 675 g/mol. The molecule has 10 rings (SSSR count). The van der Waals surface area contributed by atoms with Crippen LogP contribution in [0.2, 0.25) is 0 Å². The molecule has 242 valence electrons. The number of hydrogen-bond acceptors (Lipinski definition) is 5. The maximum atomic E-state index is 11.1. The molecule has 10 aromatic rings. The average Bonchev–Trinajstić information content (AvgIpc) is 3.87. The number of para-hydroxylation sites is 4. The van der Waals surface area contributed by atoms with E-state index < -0.39 is 0 Å². The predicted octanol–water partition coefficient (Wildman–Crippen LogP) is 10.9. The zero-order valence-corrected chi connectivity index (χ0v) is 27.8. The number of benzene rings is 7. The van der Waals surface area contributed by atoms with Crippen LogP contribution in [0.1, 0.15) is 22.3 Å². The Balaban J connectivity index is 1.36. The highest BCUT2D eigenvalue weighted by atomic mass is 16.3. The Bertz CT molecular complexity index is 3350. The van der Waals surface area contributed by atoms with Crippen molar-refractivity contribution in [3.8, 4) is 46.8 Å². The second kappa shape index (κ2) is 11.2. The topological polar surface area (TPSA) is 118 Å². The number of nitriles is 4. The Hall–Kier alpha value is -8.10. The standard InChI is InChI=1S/C46H22N6O/c47-23-27-17-18-30(36(26-50)46(27)52-37-13-5-1-9-31(37)32-10-2-6-14-38(32)52)35-21-28(24-48)29(25-49)22-41(35)51-39-15-7-3-11-33(39)44-40(51)19-20-43-45(44)34-12-4-8-16-42(34)53-43/h1-22H. The van der Waals surface area contributed by atoms with Crippen LogP contribution in [0.4, 0.5) is 0 Å². The van der Waals surface area contributed by atoms with Crippen molar-refractivity contribution >= 4 is 65.6 Å². The van der Waals surface area contributed by atoms with Gasteiger partial charge in [0.25, 0.3) is 0 Å². The van der Waals surface area contributed by atoms with Crippen LogP contribution in [0.5, 0.6) is 0 Å². The monoisotopic (exact) mass is 674 g/mol. The third-order valence-corrected chi connectivity index (χ3v) is 10.3. The van der Waals surface area contributed by atoms with Gasteiger partial charge < -0.3 is 13.6 Å². The Labute approximate surface area is 301 Å². The Kier molecular flexibility index (Phi) is 6.30. The molecule has 0 radical (unpaired) electrons. The smallest absolute Gasteiger partial charge is 0.136 e. The fourth-order valence-corrected chi connectivity index (χ4v) is 8.12. The van der Waals surface area contributed by atoms with Gasteiger partial charge in [-0.2, -0.15) is 21.0 Å². The summed E-state index contributed by atoms with van der Waals surface area (Å²) in [5.41, 5.74) is 8.17. The summed E-state index contributed by atoms with van der Waals surface area (Å²) in [6.45, 7) is 0. The molecule has 7 nitrogen and oxygen atoms in total. The predicted molar refractivity (Wildman–Crippen MR) is 207 cm³/mol. The molecule has 53 heavy (non-hydrogen) atoms. The first-order chi connectivity index (χ1) is 26.1.